The normalized spacial score (nSPS) is 12.0. The van der Waals surface area contributed by atoms with Gasteiger partial charge in [0.2, 0.25) is 0 Å². The number of fused-ring (bicyclic) bond motifs is 3. The second-order valence-corrected chi connectivity index (χ2v) is 6.13. The smallest absolute Gasteiger partial charge is 0.419 e. The Hall–Kier alpha value is -2.36. The maximum absolute atomic E-state index is 12.6. The molecular formula is C17H18N2O2. The van der Waals surface area contributed by atoms with Crippen molar-refractivity contribution in [2.45, 2.75) is 33.3 Å². The number of aryl methyl sites for hydroxylation is 1. The van der Waals surface area contributed by atoms with Gasteiger partial charge in [0.15, 0.2) is 0 Å². The lowest BCUT2D eigenvalue weighted by Gasteiger charge is -2.20. The van der Waals surface area contributed by atoms with Crippen molar-refractivity contribution >= 4 is 27.9 Å². The topological polar surface area (TPSA) is 44.1 Å². The Morgan fingerprint density at radius 2 is 1.86 bits per heavy atom. The van der Waals surface area contributed by atoms with Crippen molar-refractivity contribution in [1.82, 2.24) is 9.55 Å². The third-order valence-electron chi connectivity index (χ3n) is 3.34. The van der Waals surface area contributed by atoms with E-state index in [0.29, 0.717) is 0 Å². The van der Waals surface area contributed by atoms with Crippen molar-refractivity contribution in [2.24, 2.45) is 0 Å². The Morgan fingerprint density at radius 1 is 1.14 bits per heavy atom. The lowest BCUT2D eigenvalue weighted by atomic mass is 10.2. The molecule has 2 heterocycles. The van der Waals surface area contributed by atoms with Crippen molar-refractivity contribution in [2.75, 3.05) is 0 Å². The van der Waals surface area contributed by atoms with Crippen LogP contribution in [0.25, 0.3) is 21.8 Å². The number of benzene rings is 1. The molecule has 0 aliphatic rings. The van der Waals surface area contributed by atoms with Gasteiger partial charge in [-0.3, -0.25) is 4.98 Å². The van der Waals surface area contributed by atoms with Crippen LogP contribution >= 0.6 is 0 Å². The molecule has 0 saturated carbocycles. The second kappa shape index (κ2) is 4.58. The third kappa shape index (κ3) is 2.27. The van der Waals surface area contributed by atoms with E-state index in [1.54, 1.807) is 10.8 Å². The van der Waals surface area contributed by atoms with Gasteiger partial charge < -0.3 is 4.74 Å². The molecule has 2 aromatic heterocycles. The highest BCUT2D eigenvalue weighted by atomic mass is 16.6. The second-order valence-electron chi connectivity index (χ2n) is 6.13. The first kappa shape index (κ1) is 13.6. The van der Waals surface area contributed by atoms with E-state index in [0.717, 1.165) is 27.5 Å². The van der Waals surface area contributed by atoms with Crippen molar-refractivity contribution in [3.05, 3.63) is 42.2 Å². The van der Waals surface area contributed by atoms with Crippen molar-refractivity contribution in [3.8, 4) is 0 Å². The van der Waals surface area contributed by atoms with E-state index < -0.39 is 5.60 Å². The first-order valence-corrected chi connectivity index (χ1v) is 6.96. The Kier molecular flexibility index (Phi) is 2.97. The lowest BCUT2D eigenvalue weighted by Crippen LogP contribution is -2.27. The number of rotatable bonds is 0. The van der Waals surface area contributed by atoms with Gasteiger partial charge in [-0.2, -0.15) is 0 Å². The van der Waals surface area contributed by atoms with Crippen LogP contribution in [0.3, 0.4) is 0 Å². The number of carbonyl (C=O) groups is 1. The number of pyridine rings is 1. The highest BCUT2D eigenvalue weighted by molar-refractivity contribution is 6.12. The summed E-state index contributed by atoms with van der Waals surface area (Å²) in [6.07, 6.45) is 1.40. The van der Waals surface area contributed by atoms with Gasteiger partial charge in [-0.1, -0.05) is 18.2 Å². The van der Waals surface area contributed by atoms with Crippen LogP contribution in [-0.4, -0.2) is 21.2 Å². The standard InChI is InChI=1S/C17H18N2O2/c1-11-15-13(9-10-18-11)12-7-5-6-8-14(12)19(15)16(20)21-17(2,3)4/h5-10H,1-4H3. The molecule has 0 spiro atoms. The van der Waals surface area contributed by atoms with Crippen molar-refractivity contribution in [3.63, 3.8) is 0 Å². The molecule has 0 radical (unpaired) electrons. The zero-order valence-corrected chi connectivity index (χ0v) is 12.7. The minimum Gasteiger partial charge on any atom is -0.443 e. The summed E-state index contributed by atoms with van der Waals surface area (Å²) in [5, 5.41) is 2.05. The molecule has 0 aliphatic heterocycles. The Balaban J connectivity index is 2.36. The van der Waals surface area contributed by atoms with Gasteiger partial charge in [-0.05, 0) is 39.8 Å². The zero-order chi connectivity index (χ0) is 15.2. The Bertz CT molecular complexity index is 841. The van der Waals surface area contributed by atoms with Crippen LogP contribution < -0.4 is 0 Å². The molecule has 3 aromatic rings. The van der Waals surface area contributed by atoms with Crippen LogP contribution in [0.2, 0.25) is 0 Å². The molecule has 3 rings (SSSR count). The average Bonchev–Trinajstić information content (AvgIpc) is 2.73. The maximum atomic E-state index is 12.6. The van der Waals surface area contributed by atoms with Crippen LogP contribution in [-0.2, 0) is 4.74 Å². The first-order valence-electron chi connectivity index (χ1n) is 6.96. The maximum Gasteiger partial charge on any atom is 0.419 e. The highest BCUT2D eigenvalue weighted by Crippen LogP contribution is 2.30. The number of aromatic nitrogens is 2. The van der Waals surface area contributed by atoms with Gasteiger partial charge in [0.25, 0.3) is 0 Å². The predicted molar refractivity (Wildman–Crippen MR) is 83.6 cm³/mol. The number of ether oxygens (including phenoxy) is 1. The van der Waals surface area contributed by atoms with Crippen LogP contribution in [0.15, 0.2) is 36.5 Å². The zero-order valence-electron chi connectivity index (χ0n) is 12.7. The molecule has 108 valence electrons. The van der Waals surface area contributed by atoms with E-state index in [1.165, 1.54) is 0 Å². The summed E-state index contributed by atoms with van der Waals surface area (Å²) in [6.45, 7) is 7.50. The minimum atomic E-state index is -0.537. The predicted octanol–water partition coefficient (Wildman–Crippen LogP) is 4.28. The molecule has 0 N–H and O–H groups in total. The molecule has 0 unspecified atom stereocenters. The number of hydrogen-bond acceptors (Lipinski definition) is 3. The quantitative estimate of drug-likeness (QED) is 0.618. The van der Waals surface area contributed by atoms with E-state index in [1.807, 2.05) is 58.0 Å². The number of nitrogens with zero attached hydrogens (tertiary/aromatic N) is 2. The van der Waals surface area contributed by atoms with Gasteiger partial charge in [0.05, 0.1) is 16.7 Å². The summed E-state index contributed by atoms with van der Waals surface area (Å²) in [6, 6.07) is 9.77. The Labute approximate surface area is 123 Å². The van der Waals surface area contributed by atoms with Crippen LogP contribution in [0.4, 0.5) is 4.79 Å². The molecular weight excluding hydrogens is 264 g/mol. The molecule has 0 amide bonds. The molecule has 0 atom stereocenters. The number of carbonyl (C=O) groups excluding carboxylic acids is 1. The summed E-state index contributed by atoms with van der Waals surface area (Å²) in [5.41, 5.74) is 1.94. The summed E-state index contributed by atoms with van der Waals surface area (Å²) in [4.78, 5) is 16.9. The van der Waals surface area contributed by atoms with Crippen molar-refractivity contribution < 1.29 is 9.53 Å². The summed E-state index contributed by atoms with van der Waals surface area (Å²) < 4.78 is 7.17. The van der Waals surface area contributed by atoms with Crippen LogP contribution in [0, 0.1) is 6.92 Å². The fourth-order valence-corrected chi connectivity index (χ4v) is 2.57. The van der Waals surface area contributed by atoms with Gasteiger partial charge in [0.1, 0.15) is 5.60 Å². The number of hydrogen-bond donors (Lipinski definition) is 0. The van der Waals surface area contributed by atoms with Gasteiger partial charge >= 0.3 is 6.09 Å². The van der Waals surface area contributed by atoms with E-state index in [-0.39, 0.29) is 6.09 Å². The molecule has 0 aliphatic carbocycles. The Morgan fingerprint density at radius 3 is 2.57 bits per heavy atom. The minimum absolute atomic E-state index is 0.371. The first-order chi connectivity index (χ1) is 9.88. The van der Waals surface area contributed by atoms with Crippen LogP contribution in [0.1, 0.15) is 26.5 Å². The molecule has 0 saturated heterocycles. The fourth-order valence-electron chi connectivity index (χ4n) is 2.57. The lowest BCUT2D eigenvalue weighted by molar-refractivity contribution is 0.0551. The fraction of sp³-hybridized carbons (Fsp3) is 0.294. The van der Waals surface area contributed by atoms with E-state index in [4.69, 9.17) is 4.74 Å². The third-order valence-corrected chi connectivity index (χ3v) is 3.34. The number of para-hydroxylation sites is 1. The van der Waals surface area contributed by atoms with Gasteiger partial charge in [-0.25, -0.2) is 9.36 Å². The highest BCUT2D eigenvalue weighted by Gasteiger charge is 2.23. The van der Waals surface area contributed by atoms with Crippen LogP contribution in [0.5, 0.6) is 0 Å². The van der Waals surface area contributed by atoms with E-state index >= 15 is 0 Å². The van der Waals surface area contributed by atoms with Crippen molar-refractivity contribution in [1.29, 1.82) is 0 Å². The molecule has 0 bridgehead atoms. The molecule has 21 heavy (non-hydrogen) atoms. The van der Waals surface area contributed by atoms with Gasteiger partial charge in [-0.15, -0.1) is 0 Å². The molecule has 0 fully saturated rings. The average molecular weight is 282 g/mol. The SMILES string of the molecule is Cc1nccc2c3ccccc3n(C(=O)OC(C)(C)C)c12. The van der Waals surface area contributed by atoms with Gasteiger partial charge in [0, 0.05) is 17.0 Å². The van der Waals surface area contributed by atoms with E-state index in [2.05, 4.69) is 4.98 Å². The largest absolute Gasteiger partial charge is 0.443 e. The summed E-state index contributed by atoms with van der Waals surface area (Å²) in [7, 11) is 0. The molecule has 4 nitrogen and oxygen atoms in total. The summed E-state index contributed by atoms with van der Waals surface area (Å²) >= 11 is 0. The van der Waals surface area contributed by atoms with E-state index in [9.17, 15) is 4.79 Å². The monoisotopic (exact) mass is 282 g/mol. The molecule has 4 heteroatoms. The summed E-state index contributed by atoms with van der Waals surface area (Å²) in [5.74, 6) is 0. The molecule has 1 aromatic carbocycles.